The summed E-state index contributed by atoms with van der Waals surface area (Å²) in [5, 5.41) is 8.41. The topological polar surface area (TPSA) is 44.4 Å². The van der Waals surface area contributed by atoms with Crippen molar-refractivity contribution < 1.29 is 4.79 Å². The Hall–Kier alpha value is -1.85. The molecule has 0 fully saturated rings. The Labute approximate surface area is 128 Å². The Kier molecular flexibility index (Phi) is 4.52. The van der Waals surface area contributed by atoms with Crippen LogP contribution in [0.25, 0.3) is 0 Å². The summed E-state index contributed by atoms with van der Waals surface area (Å²) < 4.78 is 0. The summed E-state index contributed by atoms with van der Waals surface area (Å²) >= 11 is 1.66. The van der Waals surface area contributed by atoms with Crippen LogP contribution in [0, 0.1) is 0 Å². The maximum atomic E-state index is 12.2. The Morgan fingerprint density at radius 1 is 1.29 bits per heavy atom. The largest absolute Gasteiger partial charge is 0.361 e. The van der Waals surface area contributed by atoms with Crippen molar-refractivity contribution in [2.24, 2.45) is 0 Å². The number of carbonyl (C=O) groups excluding carboxylic acids is 1. The van der Waals surface area contributed by atoms with Crippen molar-refractivity contribution in [3.8, 4) is 0 Å². The molecule has 0 unspecified atom stereocenters. The molecule has 110 valence electrons. The van der Waals surface area contributed by atoms with Crippen molar-refractivity contribution >= 4 is 22.9 Å². The summed E-state index contributed by atoms with van der Waals surface area (Å²) in [6.07, 6.45) is 0. The minimum absolute atomic E-state index is 0.0695. The fourth-order valence-corrected chi connectivity index (χ4v) is 3.16. The van der Waals surface area contributed by atoms with Crippen molar-refractivity contribution in [2.75, 3.05) is 24.5 Å². The highest BCUT2D eigenvalue weighted by Gasteiger charge is 2.16. The molecule has 1 aromatic heterocycles. The number of nitrogens with one attached hydrogen (secondary N) is 2. The molecule has 3 rings (SSSR count). The molecule has 0 atom stereocenters. The van der Waals surface area contributed by atoms with E-state index in [0.717, 1.165) is 25.3 Å². The molecule has 2 N–H and O–H groups in total. The lowest BCUT2D eigenvalue weighted by Gasteiger charge is -2.23. The molecule has 0 aliphatic carbocycles. The van der Waals surface area contributed by atoms with E-state index in [1.165, 1.54) is 10.4 Å². The summed E-state index contributed by atoms with van der Waals surface area (Å²) in [6, 6.07) is 12.3. The molecule has 1 aliphatic rings. The lowest BCUT2D eigenvalue weighted by molar-refractivity contribution is -0.119. The van der Waals surface area contributed by atoms with E-state index in [-0.39, 0.29) is 5.91 Å². The van der Waals surface area contributed by atoms with Gasteiger partial charge in [-0.15, -0.1) is 11.3 Å². The van der Waals surface area contributed by atoms with Crippen LogP contribution in [0.4, 0.5) is 5.69 Å². The van der Waals surface area contributed by atoms with E-state index >= 15 is 0 Å². The van der Waals surface area contributed by atoms with Gasteiger partial charge in [0, 0.05) is 30.2 Å². The van der Waals surface area contributed by atoms with Crippen LogP contribution in [-0.4, -0.2) is 25.5 Å². The molecule has 2 heterocycles. The van der Waals surface area contributed by atoms with Gasteiger partial charge in [0.1, 0.15) is 0 Å². The fourth-order valence-electron chi connectivity index (χ4n) is 2.52. The molecule has 4 nitrogen and oxygen atoms in total. The van der Waals surface area contributed by atoms with Gasteiger partial charge >= 0.3 is 0 Å². The van der Waals surface area contributed by atoms with Crippen molar-refractivity contribution in [1.29, 1.82) is 0 Å². The molecule has 1 aliphatic heterocycles. The average molecular weight is 301 g/mol. The SMILES string of the molecule is O=C(CN1CCNCc2ccccc21)NCc1cccs1. The highest BCUT2D eigenvalue weighted by atomic mass is 32.1. The number of para-hydroxylation sites is 1. The van der Waals surface area contributed by atoms with Crippen molar-refractivity contribution in [3.05, 3.63) is 52.2 Å². The van der Waals surface area contributed by atoms with Crippen molar-refractivity contribution in [1.82, 2.24) is 10.6 Å². The summed E-state index contributed by atoms with van der Waals surface area (Å²) in [7, 11) is 0. The number of benzene rings is 1. The lowest BCUT2D eigenvalue weighted by atomic mass is 10.1. The van der Waals surface area contributed by atoms with Gasteiger partial charge in [0.15, 0.2) is 0 Å². The first-order valence-corrected chi connectivity index (χ1v) is 8.03. The van der Waals surface area contributed by atoms with Gasteiger partial charge in [0.25, 0.3) is 0 Å². The van der Waals surface area contributed by atoms with Gasteiger partial charge in [0.2, 0.25) is 5.91 Å². The van der Waals surface area contributed by atoms with Crippen LogP contribution in [0.5, 0.6) is 0 Å². The number of hydrogen-bond acceptors (Lipinski definition) is 4. The number of amides is 1. The van der Waals surface area contributed by atoms with Gasteiger partial charge in [-0.3, -0.25) is 4.79 Å². The average Bonchev–Trinajstić information content (AvgIpc) is 2.94. The standard InChI is InChI=1S/C16H19N3OS/c20-16(18-11-14-5-3-9-21-14)12-19-8-7-17-10-13-4-1-2-6-15(13)19/h1-6,9,17H,7-8,10-12H2,(H,18,20). The van der Waals surface area contributed by atoms with Crippen LogP contribution in [0.1, 0.15) is 10.4 Å². The number of fused-ring (bicyclic) bond motifs is 1. The Balaban J connectivity index is 1.62. The first kappa shape index (κ1) is 14.1. The summed E-state index contributed by atoms with van der Waals surface area (Å²) in [5.74, 6) is 0.0695. The van der Waals surface area contributed by atoms with Crippen molar-refractivity contribution in [2.45, 2.75) is 13.1 Å². The molecule has 0 saturated carbocycles. The predicted octanol–water partition coefficient (Wildman–Crippen LogP) is 1.97. The zero-order valence-corrected chi connectivity index (χ0v) is 12.7. The molecule has 0 saturated heterocycles. The zero-order valence-electron chi connectivity index (χ0n) is 11.8. The van der Waals surface area contributed by atoms with Gasteiger partial charge in [0.05, 0.1) is 13.1 Å². The monoisotopic (exact) mass is 301 g/mol. The minimum Gasteiger partial charge on any atom is -0.361 e. The number of anilines is 1. The van der Waals surface area contributed by atoms with E-state index in [1.54, 1.807) is 11.3 Å². The van der Waals surface area contributed by atoms with Gasteiger partial charge in [-0.2, -0.15) is 0 Å². The van der Waals surface area contributed by atoms with Gasteiger partial charge in [-0.1, -0.05) is 24.3 Å². The van der Waals surface area contributed by atoms with E-state index in [0.29, 0.717) is 13.1 Å². The number of thiophene rings is 1. The second kappa shape index (κ2) is 6.74. The van der Waals surface area contributed by atoms with E-state index < -0.39 is 0 Å². The molecule has 1 aromatic carbocycles. The number of hydrogen-bond donors (Lipinski definition) is 2. The van der Waals surface area contributed by atoms with E-state index in [9.17, 15) is 4.79 Å². The Bertz CT molecular complexity index is 597. The van der Waals surface area contributed by atoms with Crippen LogP contribution in [0.2, 0.25) is 0 Å². The maximum absolute atomic E-state index is 12.2. The normalized spacial score (nSPS) is 14.4. The number of carbonyl (C=O) groups is 1. The minimum atomic E-state index is 0.0695. The van der Waals surface area contributed by atoms with Gasteiger partial charge < -0.3 is 15.5 Å². The predicted molar refractivity (Wildman–Crippen MR) is 86.5 cm³/mol. The van der Waals surface area contributed by atoms with Gasteiger partial charge in [-0.25, -0.2) is 0 Å². The third-order valence-corrected chi connectivity index (χ3v) is 4.46. The Morgan fingerprint density at radius 2 is 2.19 bits per heavy atom. The van der Waals surface area contributed by atoms with Gasteiger partial charge in [-0.05, 0) is 23.1 Å². The molecular weight excluding hydrogens is 282 g/mol. The molecule has 5 heteroatoms. The fraction of sp³-hybridized carbons (Fsp3) is 0.312. The molecule has 0 radical (unpaired) electrons. The second-order valence-electron chi connectivity index (χ2n) is 5.08. The number of nitrogens with zero attached hydrogens (tertiary/aromatic N) is 1. The maximum Gasteiger partial charge on any atom is 0.239 e. The van der Waals surface area contributed by atoms with Crippen LogP contribution >= 0.6 is 11.3 Å². The van der Waals surface area contributed by atoms with Crippen molar-refractivity contribution in [3.63, 3.8) is 0 Å². The quantitative estimate of drug-likeness (QED) is 0.907. The highest BCUT2D eigenvalue weighted by molar-refractivity contribution is 7.09. The molecule has 21 heavy (non-hydrogen) atoms. The third kappa shape index (κ3) is 3.62. The third-order valence-electron chi connectivity index (χ3n) is 3.58. The molecule has 1 amide bonds. The first-order chi connectivity index (χ1) is 10.3. The summed E-state index contributed by atoms with van der Waals surface area (Å²) in [5.41, 5.74) is 2.41. The smallest absolute Gasteiger partial charge is 0.239 e. The lowest BCUT2D eigenvalue weighted by Crippen LogP contribution is -2.39. The van der Waals surface area contributed by atoms with Crippen LogP contribution in [0.15, 0.2) is 41.8 Å². The van der Waals surface area contributed by atoms with Crippen LogP contribution in [-0.2, 0) is 17.9 Å². The molecular formula is C16H19N3OS. The molecule has 0 bridgehead atoms. The zero-order chi connectivity index (χ0) is 14.5. The Morgan fingerprint density at radius 3 is 3.05 bits per heavy atom. The second-order valence-corrected chi connectivity index (χ2v) is 6.12. The summed E-state index contributed by atoms with van der Waals surface area (Å²) in [6.45, 7) is 3.63. The first-order valence-electron chi connectivity index (χ1n) is 7.15. The summed E-state index contributed by atoms with van der Waals surface area (Å²) in [4.78, 5) is 15.5. The molecule has 2 aromatic rings. The molecule has 0 spiro atoms. The van der Waals surface area contributed by atoms with E-state index in [2.05, 4.69) is 27.7 Å². The van der Waals surface area contributed by atoms with E-state index in [4.69, 9.17) is 0 Å². The number of rotatable bonds is 4. The van der Waals surface area contributed by atoms with Crippen LogP contribution in [0.3, 0.4) is 0 Å². The van der Waals surface area contributed by atoms with E-state index in [1.807, 2.05) is 29.6 Å². The highest BCUT2D eigenvalue weighted by Crippen LogP contribution is 2.21. The van der Waals surface area contributed by atoms with Crippen LogP contribution < -0.4 is 15.5 Å².